The van der Waals surface area contributed by atoms with Crippen molar-refractivity contribution < 1.29 is 33.6 Å². The number of methoxy groups -OCH3 is 2. The largest absolute Gasteiger partial charge is 0.494 e. The van der Waals surface area contributed by atoms with Crippen LogP contribution < -0.4 is 14.4 Å². The number of amides is 2. The van der Waals surface area contributed by atoms with Gasteiger partial charge in [0.2, 0.25) is 0 Å². The minimum Gasteiger partial charge on any atom is -0.494 e. The fourth-order valence-electron chi connectivity index (χ4n) is 4.31. The Bertz CT molecular complexity index is 1590. The first kappa shape index (κ1) is 32.2. The fourth-order valence-corrected chi connectivity index (χ4v) is 4.31. The van der Waals surface area contributed by atoms with Gasteiger partial charge in [0.25, 0.3) is 17.5 Å². The van der Waals surface area contributed by atoms with Gasteiger partial charge in [0.1, 0.15) is 22.9 Å². The Morgan fingerprint density at radius 1 is 0.867 bits per heavy atom. The first-order valence-corrected chi connectivity index (χ1v) is 14.0. The van der Waals surface area contributed by atoms with Crippen molar-refractivity contribution in [3.05, 3.63) is 70.8 Å². The number of nitrogens with zero attached hydrogens (tertiary/aromatic N) is 7. The molecular formula is C30H31N7O8. The van der Waals surface area contributed by atoms with E-state index in [1.807, 2.05) is 19.1 Å². The number of azo groups is 2. The minimum absolute atomic E-state index is 0.0481. The summed E-state index contributed by atoms with van der Waals surface area (Å²) in [5, 5.41) is 28.4. The second kappa shape index (κ2) is 15.1. The molecule has 1 heterocycles. The van der Waals surface area contributed by atoms with Crippen molar-refractivity contribution in [2.24, 2.45) is 20.5 Å². The number of ether oxygens (including phenoxy) is 2. The van der Waals surface area contributed by atoms with Crippen LogP contribution in [0.2, 0.25) is 0 Å². The quantitative estimate of drug-likeness (QED) is 0.0828. The Kier molecular flexibility index (Phi) is 10.8. The van der Waals surface area contributed by atoms with E-state index in [1.165, 1.54) is 38.5 Å². The van der Waals surface area contributed by atoms with Gasteiger partial charge in [-0.15, -0.1) is 15.3 Å². The van der Waals surface area contributed by atoms with Gasteiger partial charge in [-0.05, 0) is 49.7 Å². The first-order chi connectivity index (χ1) is 21.7. The van der Waals surface area contributed by atoms with Crippen molar-refractivity contribution in [3.8, 4) is 11.5 Å². The van der Waals surface area contributed by atoms with E-state index in [0.717, 1.165) is 5.69 Å². The normalized spacial score (nSPS) is 13.1. The van der Waals surface area contributed by atoms with Crippen molar-refractivity contribution in [2.75, 3.05) is 32.2 Å². The van der Waals surface area contributed by atoms with Gasteiger partial charge in [0.15, 0.2) is 0 Å². The van der Waals surface area contributed by atoms with Crippen LogP contribution in [-0.2, 0) is 19.2 Å². The average Bonchev–Trinajstić information content (AvgIpc) is 3.37. The lowest BCUT2D eigenvalue weighted by atomic mass is 10.2. The number of hydrogen-bond donors (Lipinski definition) is 0. The van der Waals surface area contributed by atoms with Gasteiger partial charge in [-0.25, -0.2) is 4.79 Å². The molecule has 0 N–H and O–H groups in total. The molecule has 3 aromatic carbocycles. The molecule has 45 heavy (non-hydrogen) atoms. The molecule has 15 nitrogen and oxygen atoms in total. The molecule has 1 saturated heterocycles. The molecular weight excluding hydrogens is 586 g/mol. The molecule has 0 atom stereocenters. The van der Waals surface area contributed by atoms with E-state index < -0.39 is 22.7 Å². The zero-order chi connectivity index (χ0) is 32.3. The van der Waals surface area contributed by atoms with Gasteiger partial charge < -0.3 is 19.2 Å². The number of hydrogen-bond acceptors (Lipinski definition) is 13. The maximum atomic E-state index is 12.1. The van der Waals surface area contributed by atoms with Crippen molar-refractivity contribution in [1.29, 1.82) is 0 Å². The highest BCUT2D eigenvalue weighted by Crippen LogP contribution is 2.41. The summed E-state index contributed by atoms with van der Waals surface area (Å²) in [6, 6.07) is 16.2. The monoisotopic (exact) mass is 617 g/mol. The number of nitro benzene ring substituents is 1. The number of carbonyl (C=O) groups excluding carboxylic acids is 3. The van der Waals surface area contributed by atoms with Crippen molar-refractivity contribution in [2.45, 2.75) is 32.6 Å². The van der Waals surface area contributed by atoms with Crippen LogP contribution in [-0.4, -0.2) is 55.1 Å². The van der Waals surface area contributed by atoms with Gasteiger partial charge >= 0.3 is 5.97 Å². The average molecular weight is 618 g/mol. The molecule has 234 valence electrons. The lowest BCUT2D eigenvalue weighted by molar-refractivity contribution is -0.384. The fraction of sp³-hybridized carbons (Fsp3) is 0.300. The lowest BCUT2D eigenvalue weighted by Crippen LogP contribution is -2.32. The van der Waals surface area contributed by atoms with E-state index in [0.29, 0.717) is 58.8 Å². The number of anilines is 1. The number of non-ortho nitro benzene ring substituents is 1. The number of rotatable bonds is 14. The minimum atomic E-state index is -0.627. The lowest BCUT2D eigenvalue weighted by Gasteiger charge is -2.23. The molecule has 1 aliphatic rings. The van der Waals surface area contributed by atoms with E-state index in [1.54, 1.807) is 24.3 Å². The third kappa shape index (κ3) is 8.43. The highest BCUT2D eigenvalue weighted by Gasteiger charge is 2.32. The van der Waals surface area contributed by atoms with Gasteiger partial charge in [-0.1, -0.05) is 0 Å². The zero-order valence-electron chi connectivity index (χ0n) is 24.9. The molecule has 4 rings (SSSR count). The van der Waals surface area contributed by atoms with Crippen LogP contribution >= 0.6 is 0 Å². The summed E-state index contributed by atoms with van der Waals surface area (Å²) in [5.41, 5.74) is 2.63. The summed E-state index contributed by atoms with van der Waals surface area (Å²) in [5.74, 6) is -0.884. The van der Waals surface area contributed by atoms with E-state index in [9.17, 15) is 24.5 Å². The van der Waals surface area contributed by atoms with Gasteiger partial charge in [-0.3, -0.25) is 19.7 Å². The van der Waals surface area contributed by atoms with Gasteiger partial charge in [0, 0.05) is 62.3 Å². The molecule has 1 fully saturated rings. The van der Waals surface area contributed by atoms with Crippen molar-refractivity contribution >= 4 is 51.9 Å². The van der Waals surface area contributed by atoms with Crippen LogP contribution in [0.1, 0.15) is 32.6 Å². The number of nitro groups is 1. The topological polar surface area (TPSA) is 178 Å². The number of carbonyl (C=O) groups is 3. The number of hydroxylamine groups is 2. The maximum absolute atomic E-state index is 12.1. The van der Waals surface area contributed by atoms with Crippen LogP contribution in [0.4, 0.5) is 34.1 Å². The highest BCUT2D eigenvalue weighted by molar-refractivity contribution is 6.01. The van der Waals surface area contributed by atoms with Crippen LogP contribution in [0.25, 0.3) is 0 Å². The predicted molar refractivity (Wildman–Crippen MR) is 162 cm³/mol. The second-order valence-electron chi connectivity index (χ2n) is 9.61. The summed E-state index contributed by atoms with van der Waals surface area (Å²) < 4.78 is 10.9. The summed E-state index contributed by atoms with van der Waals surface area (Å²) >= 11 is 0. The molecule has 0 aromatic heterocycles. The molecule has 0 aliphatic carbocycles. The van der Waals surface area contributed by atoms with Crippen molar-refractivity contribution in [3.63, 3.8) is 0 Å². The summed E-state index contributed by atoms with van der Waals surface area (Å²) in [6.45, 7) is 3.23. The Morgan fingerprint density at radius 2 is 1.38 bits per heavy atom. The smallest absolute Gasteiger partial charge is 0.333 e. The first-order valence-electron chi connectivity index (χ1n) is 14.0. The molecule has 0 saturated carbocycles. The van der Waals surface area contributed by atoms with E-state index >= 15 is 0 Å². The Morgan fingerprint density at radius 3 is 1.84 bits per heavy atom. The highest BCUT2D eigenvalue weighted by atomic mass is 16.7. The van der Waals surface area contributed by atoms with Gasteiger partial charge in [0.05, 0.1) is 30.5 Å². The molecule has 0 spiro atoms. The molecule has 0 radical (unpaired) electrons. The van der Waals surface area contributed by atoms with Crippen LogP contribution in [0.3, 0.4) is 0 Å². The molecule has 15 heteroatoms. The second-order valence-corrected chi connectivity index (χ2v) is 9.61. The van der Waals surface area contributed by atoms with E-state index in [4.69, 9.17) is 14.3 Å². The standard InChI is InChI=1S/C30H31N7O8/c1-4-35(17-5-6-30(40)45-36-28(38)15-16-29(36)39)22-11-7-20(8-12-22)31-33-24-18-27(44-3)25(19-26(24)43-2)34-32-21-9-13-23(14-10-21)37(41)42/h7-14,18-19H,4-6,15-17H2,1-3H3. The van der Waals surface area contributed by atoms with E-state index in [2.05, 4.69) is 25.4 Å². The van der Waals surface area contributed by atoms with Crippen LogP contribution in [0.5, 0.6) is 11.5 Å². The molecule has 3 aromatic rings. The number of benzene rings is 3. The van der Waals surface area contributed by atoms with Gasteiger partial charge in [-0.2, -0.15) is 10.2 Å². The Balaban J connectivity index is 1.38. The van der Waals surface area contributed by atoms with E-state index in [-0.39, 0.29) is 24.9 Å². The summed E-state index contributed by atoms with van der Waals surface area (Å²) in [7, 11) is 2.96. The SMILES string of the molecule is CCN(CCCC(=O)ON1C(=O)CCC1=O)c1ccc(N=Nc2cc(OC)c(N=Nc3ccc([N+](=O)[O-])cc3)cc2OC)cc1. The predicted octanol–water partition coefficient (Wildman–Crippen LogP) is 6.66. The zero-order valence-corrected chi connectivity index (χ0v) is 24.9. The molecule has 2 amide bonds. The Labute approximate surface area is 258 Å². The number of imide groups is 1. The molecule has 0 bridgehead atoms. The van der Waals surface area contributed by atoms with Crippen LogP contribution in [0, 0.1) is 10.1 Å². The van der Waals surface area contributed by atoms with Crippen molar-refractivity contribution in [1.82, 2.24) is 5.06 Å². The third-order valence-corrected chi connectivity index (χ3v) is 6.69. The summed E-state index contributed by atoms with van der Waals surface area (Å²) in [4.78, 5) is 52.7. The third-order valence-electron chi connectivity index (χ3n) is 6.69. The molecule has 0 unspecified atom stereocenters. The molecule has 1 aliphatic heterocycles. The Hall–Kier alpha value is -5.73. The van der Waals surface area contributed by atoms with Crippen LogP contribution in [0.15, 0.2) is 81.1 Å². The maximum Gasteiger partial charge on any atom is 0.333 e. The summed E-state index contributed by atoms with van der Waals surface area (Å²) in [6.07, 6.45) is 0.636.